The van der Waals surface area contributed by atoms with Gasteiger partial charge in [0.25, 0.3) is 0 Å². The van der Waals surface area contributed by atoms with Crippen LogP contribution in [0.5, 0.6) is 0 Å². The summed E-state index contributed by atoms with van der Waals surface area (Å²) in [7, 11) is 0. The molecule has 0 radical (unpaired) electrons. The van der Waals surface area contributed by atoms with Gasteiger partial charge in [-0.05, 0) is 12.8 Å². The van der Waals surface area contributed by atoms with E-state index < -0.39 is 12.3 Å². The first-order valence-corrected chi connectivity index (χ1v) is 5.89. The average Bonchev–Trinajstić information content (AvgIpc) is 2.78. The Bertz CT molecular complexity index is 258. The number of esters is 1. The lowest BCUT2D eigenvalue weighted by Gasteiger charge is -2.25. The molecule has 16 heavy (non-hydrogen) atoms. The largest absolute Gasteiger partial charge is 0.430 e. The van der Waals surface area contributed by atoms with Gasteiger partial charge >= 0.3 is 5.97 Å². The number of hydrogen-bond acceptors (Lipinski definition) is 4. The van der Waals surface area contributed by atoms with Gasteiger partial charge in [-0.2, -0.15) is 0 Å². The number of hydrogen-bond donors (Lipinski definition) is 0. The van der Waals surface area contributed by atoms with Crippen molar-refractivity contribution in [2.75, 3.05) is 6.61 Å². The van der Waals surface area contributed by atoms with Crippen LogP contribution in [0.25, 0.3) is 0 Å². The van der Waals surface area contributed by atoms with Crippen molar-refractivity contribution in [3.05, 3.63) is 12.7 Å². The molecule has 2 unspecified atom stereocenters. The Balaban J connectivity index is 1.78. The van der Waals surface area contributed by atoms with Crippen LogP contribution in [0.15, 0.2) is 12.7 Å². The van der Waals surface area contributed by atoms with Gasteiger partial charge in [0.1, 0.15) is 6.61 Å². The Kier molecular flexibility index (Phi) is 3.96. The molecule has 2 aliphatic rings. The second-order valence-corrected chi connectivity index (χ2v) is 4.31. The highest BCUT2D eigenvalue weighted by Crippen LogP contribution is 2.31. The number of carbonyl (C=O) groups is 1. The summed E-state index contributed by atoms with van der Waals surface area (Å²) >= 11 is 0. The third-order valence-corrected chi connectivity index (χ3v) is 3.13. The third-order valence-electron chi connectivity index (χ3n) is 3.13. The summed E-state index contributed by atoms with van der Waals surface area (Å²) in [5.74, 6) is -0.000854. The van der Waals surface area contributed by atoms with Crippen LogP contribution in [-0.2, 0) is 19.0 Å². The maximum atomic E-state index is 11.0. The zero-order chi connectivity index (χ0) is 11.4. The molecule has 1 aliphatic heterocycles. The summed E-state index contributed by atoms with van der Waals surface area (Å²) in [6, 6.07) is 0. The maximum absolute atomic E-state index is 11.0. The minimum atomic E-state index is -0.558. The molecule has 1 aliphatic carbocycles. The van der Waals surface area contributed by atoms with Gasteiger partial charge in [0, 0.05) is 12.0 Å². The zero-order valence-corrected chi connectivity index (χ0v) is 9.39. The van der Waals surface area contributed by atoms with E-state index in [0.717, 1.165) is 18.9 Å². The van der Waals surface area contributed by atoms with Crippen molar-refractivity contribution in [2.24, 2.45) is 5.92 Å². The highest BCUT2D eigenvalue weighted by Gasteiger charge is 2.34. The molecule has 0 aromatic rings. The third kappa shape index (κ3) is 2.83. The van der Waals surface area contributed by atoms with Gasteiger partial charge in [-0.3, -0.25) is 0 Å². The summed E-state index contributed by atoms with van der Waals surface area (Å²) in [5.41, 5.74) is 0. The molecule has 90 valence electrons. The Hall–Kier alpha value is -0.870. The summed E-state index contributed by atoms with van der Waals surface area (Å²) in [5, 5.41) is 0. The van der Waals surface area contributed by atoms with E-state index in [2.05, 4.69) is 6.58 Å². The fraction of sp³-hybridized carbons (Fsp3) is 0.750. The molecular formula is C12H18O4. The molecule has 1 saturated heterocycles. The fourth-order valence-corrected chi connectivity index (χ4v) is 2.29. The smallest absolute Gasteiger partial charge is 0.332 e. The summed E-state index contributed by atoms with van der Waals surface area (Å²) in [6.45, 7) is 3.67. The Morgan fingerprint density at radius 1 is 1.31 bits per heavy atom. The molecule has 0 amide bonds. The summed E-state index contributed by atoms with van der Waals surface area (Å²) in [4.78, 5) is 11.0. The lowest BCUT2D eigenvalue weighted by molar-refractivity contribution is -0.179. The number of carbonyl (C=O) groups excluding carboxylic acids is 1. The predicted octanol–water partition coefficient (Wildman–Crippen LogP) is 1.99. The minimum Gasteiger partial charge on any atom is -0.430 e. The molecule has 0 N–H and O–H groups in total. The molecule has 0 aromatic heterocycles. The van der Waals surface area contributed by atoms with E-state index in [1.54, 1.807) is 0 Å². The molecule has 1 saturated carbocycles. The maximum Gasteiger partial charge on any atom is 0.332 e. The van der Waals surface area contributed by atoms with Crippen LogP contribution in [-0.4, -0.2) is 25.2 Å². The van der Waals surface area contributed by atoms with Gasteiger partial charge in [0.05, 0.1) is 0 Å². The SMILES string of the molecule is C=CC(=O)OC1COC(C2CCCCC2)O1. The molecule has 4 heteroatoms. The van der Waals surface area contributed by atoms with Crippen molar-refractivity contribution < 1.29 is 19.0 Å². The monoisotopic (exact) mass is 226 g/mol. The van der Waals surface area contributed by atoms with E-state index in [1.165, 1.54) is 19.3 Å². The first kappa shape index (κ1) is 11.6. The molecule has 0 bridgehead atoms. The number of ether oxygens (including phenoxy) is 3. The molecular weight excluding hydrogens is 208 g/mol. The van der Waals surface area contributed by atoms with Gasteiger partial charge < -0.3 is 14.2 Å². The van der Waals surface area contributed by atoms with Crippen molar-refractivity contribution in [3.63, 3.8) is 0 Å². The molecule has 2 fully saturated rings. The second kappa shape index (κ2) is 5.46. The quantitative estimate of drug-likeness (QED) is 0.545. The van der Waals surface area contributed by atoms with Crippen LogP contribution in [0.3, 0.4) is 0 Å². The molecule has 4 nitrogen and oxygen atoms in total. The van der Waals surface area contributed by atoms with Gasteiger partial charge in [0.2, 0.25) is 6.29 Å². The van der Waals surface area contributed by atoms with Crippen molar-refractivity contribution in [1.82, 2.24) is 0 Å². The fourth-order valence-electron chi connectivity index (χ4n) is 2.29. The van der Waals surface area contributed by atoms with E-state index in [9.17, 15) is 4.79 Å². The first-order chi connectivity index (χ1) is 7.79. The first-order valence-electron chi connectivity index (χ1n) is 5.89. The second-order valence-electron chi connectivity index (χ2n) is 4.31. The Morgan fingerprint density at radius 3 is 2.75 bits per heavy atom. The van der Waals surface area contributed by atoms with Crippen LogP contribution in [0, 0.1) is 5.92 Å². The van der Waals surface area contributed by atoms with Crippen molar-refractivity contribution in [1.29, 1.82) is 0 Å². The van der Waals surface area contributed by atoms with Crippen LogP contribution in [0.2, 0.25) is 0 Å². The molecule has 0 spiro atoms. The highest BCUT2D eigenvalue weighted by atomic mass is 16.8. The van der Waals surface area contributed by atoms with E-state index in [1.807, 2.05) is 0 Å². The standard InChI is InChI=1S/C12H18O4/c1-2-10(13)15-11-8-14-12(16-11)9-6-4-3-5-7-9/h2,9,11-12H,1,3-8H2. The van der Waals surface area contributed by atoms with Crippen molar-refractivity contribution in [2.45, 2.75) is 44.7 Å². The molecule has 2 rings (SSSR count). The summed E-state index contributed by atoms with van der Waals surface area (Å²) in [6.07, 6.45) is 6.46. The lowest BCUT2D eigenvalue weighted by Crippen LogP contribution is -2.25. The van der Waals surface area contributed by atoms with Crippen LogP contribution in [0.4, 0.5) is 0 Å². The van der Waals surface area contributed by atoms with Gasteiger partial charge in [-0.15, -0.1) is 0 Å². The lowest BCUT2D eigenvalue weighted by atomic mass is 9.89. The van der Waals surface area contributed by atoms with Gasteiger partial charge in [-0.1, -0.05) is 25.8 Å². The van der Waals surface area contributed by atoms with Crippen molar-refractivity contribution >= 4 is 5.97 Å². The minimum absolute atomic E-state index is 0.192. The average molecular weight is 226 g/mol. The van der Waals surface area contributed by atoms with E-state index in [4.69, 9.17) is 14.2 Å². The molecule has 0 aromatic carbocycles. The normalized spacial score (nSPS) is 31.2. The highest BCUT2D eigenvalue weighted by molar-refractivity contribution is 5.81. The summed E-state index contributed by atoms with van der Waals surface area (Å²) < 4.78 is 16.1. The van der Waals surface area contributed by atoms with E-state index >= 15 is 0 Å². The Labute approximate surface area is 95.6 Å². The van der Waals surface area contributed by atoms with Gasteiger partial charge in [-0.25, -0.2) is 4.79 Å². The van der Waals surface area contributed by atoms with E-state index in [0.29, 0.717) is 12.5 Å². The zero-order valence-electron chi connectivity index (χ0n) is 9.39. The van der Waals surface area contributed by atoms with Crippen molar-refractivity contribution in [3.8, 4) is 0 Å². The molecule has 1 heterocycles. The topological polar surface area (TPSA) is 44.8 Å². The van der Waals surface area contributed by atoms with E-state index in [-0.39, 0.29) is 6.29 Å². The number of rotatable bonds is 3. The van der Waals surface area contributed by atoms with Gasteiger partial charge in [0.15, 0.2) is 6.29 Å². The predicted molar refractivity (Wildman–Crippen MR) is 57.5 cm³/mol. The van der Waals surface area contributed by atoms with Crippen LogP contribution >= 0.6 is 0 Å². The molecule has 2 atom stereocenters. The Morgan fingerprint density at radius 2 is 2.06 bits per heavy atom. The van der Waals surface area contributed by atoms with Crippen LogP contribution < -0.4 is 0 Å². The van der Waals surface area contributed by atoms with Crippen LogP contribution in [0.1, 0.15) is 32.1 Å².